The molecule has 3 atom stereocenters. The number of hydrogen-bond acceptors (Lipinski definition) is 6. The molecule has 0 saturated heterocycles. The minimum Gasteiger partial charge on any atom is -0.460 e. The lowest BCUT2D eigenvalue weighted by Gasteiger charge is -2.18. The molecule has 0 aliphatic heterocycles. The summed E-state index contributed by atoms with van der Waals surface area (Å²) in [4.78, 5) is 35.2. The number of hydrogen-bond donors (Lipinski definition) is 2. The van der Waals surface area contributed by atoms with Crippen LogP contribution in [0.4, 0.5) is 0 Å². The van der Waals surface area contributed by atoms with Gasteiger partial charge in [0.2, 0.25) is 5.79 Å². The highest BCUT2D eigenvalue weighted by Crippen LogP contribution is 2.33. The average molecular weight is 443 g/mol. The lowest BCUT2D eigenvalue weighted by atomic mass is 9.90. The molecule has 1 fully saturated rings. The second kappa shape index (κ2) is 13.7. The largest absolute Gasteiger partial charge is 0.460 e. The van der Waals surface area contributed by atoms with E-state index in [1.165, 1.54) is 6.92 Å². The maximum Gasteiger partial charge on any atom is 0.380 e. The van der Waals surface area contributed by atoms with E-state index in [9.17, 15) is 24.6 Å². The predicted octanol–water partition coefficient (Wildman–Crippen LogP) is 3.72. The van der Waals surface area contributed by atoms with Crippen molar-refractivity contribution in [2.24, 2.45) is 17.8 Å². The summed E-state index contributed by atoms with van der Waals surface area (Å²) in [5.41, 5.74) is 0. The minimum absolute atomic E-state index is 0.0160. The van der Waals surface area contributed by atoms with E-state index in [4.69, 9.17) is 11.6 Å². The van der Waals surface area contributed by atoms with Crippen molar-refractivity contribution in [2.45, 2.75) is 71.0 Å². The van der Waals surface area contributed by atoms with Crippen molar-refractivity contribution in [1.82, 2.24) is 0 Å². The molecule has 6 nitrogen and oxygen atoms in total. The molecule has 1 saturated carbocycles. The Bertz CT molecular complexity index is 625. The Labute approximate surface area is 184 Å². The molecule has 170 valence electrons. The first-order valence-electron chi connectivity index (χ1n) is 10.8. The number of alkyl halides is 1. The van der Waals surface area contributed by atoms with Crippen molar-refractivity contribution in [3.63, 3.8) is 0 Å². The Morgan fingerprint density at radius 1 is 1.30 bits per heavy atom. The fourth-order valence-electron chi connectivity index (χ4n) is 3.62. The second-order valence-corrected chi connectivity index (χ2v) is 8.37. The van der Waals surface area contributed by atoms with E-state index in [1.54, 1.807) is 6.08 Å². The number of esters is 1. The molecule has 0 aromatic heterocycles. The van der Waals surface area contributed by atoms with E-state index < -0.39 is 17.5 Å². The Morgan fingerprint density at radius 3 is 2.70 bits per heavy atom. The van der Waals surface area contributed by atoms with E-state index in [0.29, 0.717) is 24.6 Å². The maximum atomic E-state index is 12.2. The standard InChI is InChI=1S/C23H35ClO6/c1-3-30-22(27)21(26)23(28,29)15-6-4-5-12-19-18(13-14-20(19)25)11-7-9-17(2)10-8-16-24/h4-5,7,11,17-19,28-29H,3,6,8-10,12-16H2,1-2H3/t17-,18-,19+/m0/s1. The van der Waals surface area contributed by atoms with Gasteiger partial charge in [-0.15, -0.1) is 11.6 Å². The summed E-state index contributed by atoms with van der Waals surface area (Å²) in [6.45, 7) is 3.71. The van der Waals surface area contributed by atoms with Crippen LogP contribution < -0.4 is 0 Å². The van der Waals surface area contributed by atoms with Crippen LogP contribution in [0.5, 0.6) is 0 Å². The normalized spacial score (nSPS) is 20.9. The number of rotatable bonds is 14. The van der Waals surface area contributed by atoms with Gasteiger partial charge in [0.1, 0.15) is 5.78 Å². The molecule has 2 N–H and O–H groups in total. The van der Waals surface area contributed by atoms with Gasteiger partial charge < -0.3 is 14.9 Å². The molecule has 7 heteroatoms. The summed E-state index contributed by atoms with van der Waals surface area (Å²) in [6.07, 6.45) is 12.9. The van der Waals surface area contributed by atoms with Gasteiger partial charge in [0, 0.05) is 24.6 Å². The van der Waals surface area contributed by atoms with Crippen LogP contribution in [0.2, 0.25) is 0 Å². The highest BCUT2D eigenvalue weighted by molar-refractivity contribution is 6.36. The van der Waals surface area contributed by atoms with Crippen molar-refractivity contribution in [1.29, 1.82) is 0 Å². The van der Waals surface area contributed by atoms with Gasteiger partial charge in [0.25, 0.3) is 5.78 Å². The van der Waals surface area contributed by atoms with Crippen LogP contribution >= 0.6 is 11.6 Å². The molecule has 1 aliphatic rings. The van der Waals surface area contributed by atoms with Crippen LogP contribution in [-0.4, -0.2) is 46.0 Å². The van der Waals surface area contributed by atoms with E-state index in [0.717, 1.165) is 25.7 Å². The zero-order chi connectivity index (χ0) is 22.6. The van der Waals surface area contributed by atoms with Gasteiger partial charge >= 0.3 is 5.97 Å². The van der Waals surface area contributed by atoms with Crippen molar-refractivity contribution in [3.8, 4) is 0 Å². The molecule has 30 heavy (non-hydrogen) atoms. The lowest BCUT2D eigenvalue weighted by Crippen LogP contribution is -2.43. The van der Waals surface area contributed by atoms with Gasteiger partial charge in [-0.25, -0.2) is 4.79 Å². The maximum absolute atomic E-state index is 12.2. The monoisotopic (exact) mass is 442 g/mol. The van der Waals surface area contributed by atoms with Gasteiger partial charge in [-0.3, -0.25) is 9.59 Å². The Hall–Kier alpha value is -1.50. The first-order chi connectivity index (χ1) is 14.2. The molecular weight excluding hydrogens is 408 g/mol. The Balaban J connectivity index is 2.46. The topological polar surface area (TPSA) is 101 Å². The van der Waals surface area contributed by atoms with Crippen LogP contribution in [0.1, 0.15) is 65.2 Å². The lowest BCUT2D eigenvalue weighted by molar-refractivity contribution is -0.193. The van der Waals surface area contributed by atoms with E-state index in [2.05, 4.69) is 23.8 Å². The van der Waals surface area contributed by atoms with Crippen LogP contribution in [-0.2, 0) is 19.1 Å². The molecule has 0 spiro atoms. The van der Waals surface area contributed by atoms with Crippen LogP contribution in [0.15, 0.2) is 24.3 Å². The summed E-state index contributed by atoms with van der Waals surface area (Å²) in [6, 6.07) is 0. The number of halogens is 1. The third-order valence-corrected chi connectivity index (χ3v) is 5.71. The highest BCUT2D eigenvalue weighted by atomic mass is 35.5. The average Bonchev–Trinajstić information content (AvgIpc) is 3.05. The molecule has 1 aliphatic carbocycles. The van der Waals surface area contributed by atoms with E-state index >= 15 is 0 Å². The first kappa shape index (κ1) is 26.5. The minimum atomic E-state index is -2.74. The zero-order valence-corrected chi connectivity index (χ0v) is 18.8. The number of ether oxygens (including phenoxy) is 1. The summed E-state index contributed by atoms with van der Waals surface area (Å²) in [5.74, 6) is -3.70. The summed E-state index contributed by atoms with van der Waals surface area (Å²) < 4.78 is 4.50. The fraction of sp³-hybridized carbons (Fsp3) is 0.696. The third kappa shape index (κ3) is 9.11. The van der Waals surface area contributed by atoms with E-state index in [1.807, 2.05) is 6.08 Å². The molecule has 0 unspecified atom stereocenters. The first-order valence-corrected chi connectivity index (χ1v) is 11.3. The van der Waals surface area contributed by atoms with Gasteiger partial charge in [-0.2, -0.15) is 0 Å². The van der Waals surface area contributed by atoms with Crippen molar-refractivity contribution in [2.75, 3.05) is 12.5 Å². The quantitative estimate of drug-likeness (QED) is 0.140. The fourth-order valence-corrected chi connectivity index (χ4v) is 3.77. The van der Waals surface area contributed by atoms with Crippen LogP contribution in [0.25, 0.3) is 0 Å². The zero-order valence-electron chi connectivity index (χ0n) is 18.0. The summed E-state index contributed by atoms with van der Waals surface area (Å²) in [7, 11) is 0. The number of carbonyl (C=O) groups is 3. The number of ketones is 2. The number of Topliss-reactive ketones (excluding diaryl/α,β-unsaturated/α-hetero) is 2. The molecular formula is C23H35ClO6. The van der Waals surface area contributed by atoms with Gasteiger partial charge in [0.05, 0.1) is 6.61 Å². The molecule has 0 amide bonds. The Morgan fingerprint density at radius 2 is 2.03 bits per heavy atom. The number of carbonyl (C=O) groups excluding carboxylic acids is 3. The van der Waals surface area contributed by atoms with Gasteiger partial charge in [-0.1, -0.05) is 31.2 Å². The smallest absolute Gasteiger partial charge is 0.380 e. The second-order valence-electron chi connectivity index (χ2n) is 7.99. The number of aliphatic hydroxyl groups is 2. The van der Waals surface area contributed by atoms with Crippen molar-refractivity contribution >= 4 is 29.1 Å². The van der Waals surface area contributed by atoms with Crippen LogP contribution in [0.3, 0.4) is 0 Å². The molecule has 0 aromatic carbocycles. The van der Waals surface area contributed by atoms with Crippen molar-refractivity contribution in [3.05, 3.63) is 24.3 Å². The third-order valence-electron chi connectivity index (χ3n) is 5.45. The van der Waals surface area contributed by atoms with Crippen LogP contribution in [0, 0.1) is 17.8 Å². The summed E-state index contributed by atoms with van der Waals surface area (Å²) >= 11 is 5.73. The summed E-state index contributed by atoms with van der Waals surface area (Å²) in [5, 5.41) is 19.5. The Kier molecular flexibility index (Phi) is 12.1. The van der Waals surface area contributed by atoms with E-state index in [-0.39, 0.29) is 37.1 Å². The SMILES string of the molecule is CCOC(=O)C(=O)C(O)(O)CCC=CC[C@H]1C(=O)CC[C@@H]1C=CC[C@H](C)CCCCl. The van der Waals surface area contributed by atoms with Crippen molar-refractivity contribution < 1.29 is 29.3 Å². The van der Waals surface area contributed by atoms with Gasteiger partial charge in [0.15, 0.2) is 0 Å². The van der Waals surface area contributed by atoms with Gasteiger partial charge in [-0.05, 0) is 57.3 Å². The molecule has 1 rings (SSSR count). The number of allylic oxidation sites excluding steroid dienone is 4. The predicted molar refractivity (Wildman–Crippen MR) is 116 cm³/mol. The highest BCUT2D eigenvalue weighted by Gasteiger charge is 2.38. The molecule has 0 aromatic rings. The molecule has 0 heterocycles. The molecule has 0 radical (unpaired) electrons. The molecule has 0 bridgehead atoms.